The first kappa shape index (κ1) is 26.3. The van der Waals surface area contributed by atoms with Crippen molar-refractivity contribution < 1.29 is 10.2 Å². The first-order chi connectivity index (χ1) is 16.2. The van der Waals surface area contributed by atoms with Gasteiger partial charge in [0.1, 0.15) is 0 Å². The van der Waals surface area contributed by atoms with Gasteiger partial charge in [0.2, 0.25) is 0 Å². The Kier molecular flexibility index (Phi) is 6.45. The number of hydrogen-bond acceptors (Lipinski definition) is 2. The highest BCUT2D eigenvalue weighted by atomic mass is 16.3. The molecule has 0 aliphatic heterocycles. The molecular weight excluding hydrogens is 428 g/mol. The van der Waals surface area contributed by atoms with Crippen LogP contribution in [0.5, 0.6) is 0 Å². The second kappa shape index (κ2) is 8.59. The molecule has 5 aliphatic rings. The Balaban J connectivity index is 1.29. The highest BCUT2D eigenvalue weighted by Gasteiger charge is 2.61. The third-order valence-electron chi connectivity index (χ3n) is 13.1. The average molecular weight is 485 g/mol. The van der Waals surface area contributed by atoms with Gasteiger partial charge in [0.05, 0.1) is 11.2 Å². The highest BCUT2D eigenvalue weighted by Crippen LogP contribution is 2.68. The lowest BCUT2D eigenvalue weighted by atomic mass is 9.44. The molecule has 0 aromatic heterocycles. The van der Waals surface area contributed by atoms with E-state index in [4.69, 9.17) is 0 Å². The van der Waals surface area contributed by atoms with Gasteiger partial charge in [-0.3, -0.25) is 0 Å². The molecule has 2 N–H and O–H groups in total. The predicted molar refractivity (Wildman–Crippen MR) is 146 cm³/mol. The fourth-order valence-electron chi connectivity index (χ4n) is 10.5. The molecule has 9 atom stereocenters. The number of hydrogen-bond donors (Lipinski definition) is 2. The molecule has 0 heterocycles. The topological polar surface area (TPSA) is 40.5 Å². The number of aliphatic hydroxyl groups is 2. The molecule has 1 unspecified atom stereocenters. The van der Waals surface area contributed by atoms with Gasteiger partial charge in [0.15, 0.2) is 0 Å². The SMILES string of the molecule is C[C@@H]1C=C2C[C@@](C)(O)CC[C@]2(C)C2CC[C@]3(C)[C@@H]([C@H](C)CCC4(O)CCC(C)(C)CC4)CC[C@H]3[C@@H]21. The molecule has 2 nitrogen and oxygen atoms in total. The van der Waals surface area contributed by atoms with E-state index >= 15 is 0 Å². The largest absolute Gasteiger partial charge is 0.390 e. The monoisotopic (exact) mass is 484 g/mol. The standard InChI is InChI=1S/C33H56O2/c1-22(10-13-33(35)18-14-29(3,4)15-19-33)25-8-9-26-28-23(2)20-24-21-30(5,34)16-17-31(24,6)27(28)11-12-32(25,26)7/h20,22-23,25-28,34-35H,8-19,21H2,1-7H3/t22-,23-,25-,26+,27?,28+,30+,31+,32-/m1/s1. The van der Waals surface area contributed by atoms with E-state index in [-0.39, 0.29) is 0 Å². The molecule has 2 heteroatoms. The fraction of sp³-hybridized carbons (Fsp3) is 0.939. The van der Waals surface area contributed by atoms with Gasteiger partial charge in [-0.25, -0.2) is 0 Å². The Morgan fingerprint density at radius 2 is 1.54 bits per heavy atom. The van der Waals surface area contributed by atoms with Crippen LogP contribution >= 0.6 is 0 Å². The zero-order chi connectivity index (χ0) is 25.4. The van der Waals surface area contributed by atoms with E-state index in [9.17, 15) is 10.2 Å². The zero-order valence-corrected chi connectivity index (χ0v) is 24.1. The Hall–Kier alpha value is -0.340. The molecule has 4 saturated carbocycles. The molecule has 4 fully saturated rings. The van der Waals surface area contributed by atoms with Crippen molar-refractivity contribution in [1.82, 2.24) is 0 Å². The predicted octanol–water partition coefficient (Wildman–Crippen LogP) is 8.31. The van der Waals surface area contributed by atoms with Crippen LogP contribution in [0.25, 0.3) is 0 Å². The van der Waals surface area contributed by atoms with Crippen LogP contribution in [0, 0.1) is 51.8 Å². The molecule has 0 bridgehead atoms. The summed E-state index contributed by atoms with van der Waals surface area (Å²) in [5.41, 5.74) is 1.86. The van der Waals surface area contributed by atoms with Gasteiger partial charge in [-0.1, -0.05) is 53.2 Å². The smallest absolute Gasteiger partial charge is 0.0657 e. The molecule has 35 heavy (non-hydrogen) atoms. The number of fused-ring (bicyclic) bond motifs is 5. The summed E-state index contributed by atoms with van der Waals surface area (Å²) in [5.74, 6) is 4.63. The molecule has 0 aromatic rings. The second-order valence-electron chi connectivity index (χ2n) is 16.1. The quantitative estimate of drug-likeness (QED) is 0.394. The molecule has 0 amide bonds. The van der Waals surface area contributed by atoms with Crippen molar-refractivity contribution >= 4 is 0 Å². The first-order valence-electron chi connectivity index (χ1n) is 15.3. The third-order valence-corrected chi connectivity index (χ3v) is 13.1. The third kappa shape index (κ3) is 4.49. The molecule has 5 aliphatic carbocycles. The van der Waals surface area contributed by atoms with Gasteiger partial charge in [-0.15, -0.1) is 0 Å². The van der Waals surface area contributed by atoms with Crippen LogP contribution in [0.1, 0.15) is 132 Å². The summed E-state index contributed by atoms with van der Waals surface area (Å²) in [4.78, 5) is 0. The van der Waals surface area contributed by atoms with Gasteiger partial charge >= 0.3 is 0 Å². The van der Waals surface area contributed by atoms with Gasteiger partial charge in [-0.05, 0) is 142 Å². The number of rotatable bonds is 4. The van der Waals surface area contributed by atoms with E-state index in [1.54, 1.807) is 5.57 Å². The van der Waals surface area contributed by atoms with Crippen LogP contribution in [0.3, 0.4) is 0 Å². The molecule has 0 spiro atoms. The molecule has 0 radical (unpaired) electrons. The minimum absolute atomic E-state index is 0.308. The Labute approximate surface area is 216 Å². The lowest BCUT2D eigenvalue weighted by Crippen LogP contribution is -2.54. The summed E-state index contributed by atoms with van der Waals surface area (Å²) in [7, 11) is 0. The maximum absolute atomic E-state index is 11.3. The first-order valence-corrected chi connectivity index (χ1v) is 15.3. The minimum atomic E-state index is -0.507. The van der Waals surface area contributed by atoms with E-state index in [1.165, 1.54) is 51.4 Å². The van der Waals surface area contributed by atoms with Crippen LogP contribution in [0.2, 0.25) is 0 Å². The molecule has 0 aromatic carbocycles. The van der Waals surface area contributed by atoms with Crippen molar-refractivity contribution in [1.29, 1.82) is 0 Å². The van der Waals surface area contributed by atoms with E-state index in [1.807, 2.05) is 0 Å². The van der Waals surface area contributed by atoms with Gasteiger partial charge in [-0.2, -0.15) is 0 Å². The summed E-state index contributed by atoms with van der Waals surface area (Å²) < 4.78 is 0. The summed E-state index contributed by atoms with van der Waals surface area (Å²) in [5, 5.41) is 22.2. The van der Waals surface area contributed by atoms with Gasteiger partial charge in [0, 0.05) is 0 Å². The van der Waals surface area contributed by atoms with E-state index in [2.05, 4.69) is 54.5 Å². The van der Waals surface area contributed by atoms with Gasteiger partial charge in [0.25, 0.3) is 0 Å². The summed E-state index contributed by atoms with van der Waals surface area (Å²) in [6, 6.07) is 0. The van der Waals surface area contributed by atoms with Crippen molar-refractivity contribution in [2.75, 3.05) is 0 Å². The Morgan fingerprint density at radius 1 is 0.857 bits per heavy atom. The van der Waals surface area contributed by atoms with Crippen molar-refractivity contribution in [2.45, 2.75) is 143 Å². The van der Waals surface area contributed by atoms with Crippen LogP contribution in [0.4, 0.5) is 0 Å². The zero-order valence-electron chi connectivity index (χ0n) is 24.1. The maximum atomic E-state index is 11.3. The summed E-state index contributed by atoms with van der Waals surface area (Å²) in [6.07, 6.45) is 17.7. The Morgan fingerprint density at radius 3 is 2.23 bits per heavy atom. The van der Waals surface area contributed by atoms with Crippen molar-refractivity contribution in [3.8, 4) is 0 Å². The lowest BCUT2D eigenvalue weighted by Gasteiger charge is -2.60. The summed E-state index contributed by atoms with van der Waals surface area (Å²) >= 11 is 0. The van der Waals surface area contributed by atoms with Crippen LogP contribution < -0.4 is 0 Å². The molecular formula is C33H56O2. The average Bonchev–Trinajstić information content (AvgIpc) is 3.13. The van der Waals surface area contributed by atoms with Gasteiger partial charge < -0.3 is 10.2 Å². The molecule has 200 valence electrons. The van der Waals surface area contributed by atoms with Crippen molar-refractivity contribution in [3.63, 3.8) is 0 Å². The van der Waals surface area contributed by atoms with Crippen LogP contribution in [0.15, 0.2) is 11.6 Å². The van der Waals surface area contributed by atoms with Crippen LogP contribution in [-0.4, -0.2) is 21.4 Å². The molecule has 5 rings (SSSR count). The van der Waals surface area contributed by atoms with E-state index in [0.29, 0.717) is 28.1 Å². The molecule has 0 saturated heterocycles. The van der Waals surface area contributed by atoms with E-state index in [0.717, 1.165) is 55.8 Å². The van der Waals surface area contributed by atoms with E-state index < -0.39 is 11.2 Å². The maximum Gasteiger partial charge on any atom is 0.0657 e. The fourth-order valence-corrected chi connectivity index (χ4v) is 10.5. The summed E-state index contributed by atoms with van der Waals surface area (Å²) in [6.45, 7) is 17.0. The number of allylic oxidation sites excluding steroid dienone is 1. The lowest BCUT2D eigenvalue weighted by molar-refractivity contribution is -0.0859. The highest BCUT2D eigenvalue weighted by molar-refractivity contribution is 5.28. The van der Waals surface area contributed by atoms with Crippen molar-refractivity contribution in [3.05, 3.63) is 11.6 Å². The normalized spacial score (nSPS) is 49.4. The minimum Gasteiger partial charge on any atom is -0.390 e. The van der Waals surface area contributed by atoms with Crippen molar-refractivity contribution in [2.24, 2.45) is 51.8 Å². The second-order valence-corrected chi connectivity index (χ2v) is 16.1. The van der Waals surface area contributed by atoms with Crippen LogP contribution in [-0.2, 0) is 0 Å². The Bertz CT molecular complexity index is 828.